The fraction of sp³-hybridized carbons (Fsp3) is 0.417. The third kappa shape index (κ3) is 3.08. The van der Waals surface area contributed by atoms with Crippen molar-refractivity contribution in [2.24, 2.45) is 5.16 Å². The van der Waals surface area contributed by atoms with Crippen LogP contribution in [-0.2, 0) is 14.9 Å². The molecule has 6 heteroatoms. The van der Waals surface area contributed by atoms with E-state index in [1.54, 1.807) is 18.2 Å². The molecule has 0 aliphatic carbocycles. The maximum absolute atomic E-state index is 12.0. The molecule has 0 bridgehead atoms. The Bertz CT molecular complexity index is 566. The summed E-state index contributed by atoms with van der Waals surface area (Å²) in [6.07, 6.45) is 0.459. The second-order valence-electron chi connectivity index (χ2n) is 4.43. The summed E-state index contributed by atoms with van der Waals surface area (Å²) in [7, 11) is -3.47. The van der Waals surface area contributed by atoms with Gasteiger partial charge in [0.05, 0.1) is 17.2 Å². The molecule has 1 aromatic carbocycles. The summed E-state index contributed by atoms with van der Waals surface area (Å²) in [5, 5.41) is 3.79. The number of aryl methyl sites for hydroxylation is 1. The molecule has 98 valence electrons. The van der Waals surface area contributed by atoms with E-state index in [-0.39, 0.29) is 17.5 Å². The van der Waals surface area contributed by atoms with Gasteiger partial charge >= 0.3 is 0 Å². The Morgan fingerprint density at radius 3 is 2.83 bits per heavy atom. The minimum Gasteiger partial charge on any atom is -0.391 e. The predicted molar refractivity (Wildman–Crippen MR) is 69.0 cm³/mol. The van der Waals surface area contributed by atoms with Crippen LogP contribution in [0.3, 0.4) is 0 Å². The standard InChI is InChI=1S/C12H16N2O3S/c1-9-4-3-5-12(6-9)18(15,16)13-8-11-7-10(2)14-17-11/h3-6,11,13H,7-8H2,1-2H3/t11-/m1/s1. The number of rotatable bonds is 4. The molecule has 0 saturated carbocycles. The van der Waals surface area contributed by atoms with E-state index < -0.39 is 10.0 Å². The van der Waals surface area contributed by atoms with Crippen molar-refractivity contribution >= 4 is 15.7 Å². The van der Waals surface area contributed by atoms with Gasteiger partial charge in [-0.15, -0.1) is 0 Å². The van der Waals surface area contributed by atoms with E-state index in [9.17, 15) is 8.42 Å². The fourth-order valence-electron chi connectivity index (χ4n) is 1.75. The van der Waals surface area contributed by atoms with E-state index in [1.165, 1.54) is 0 Å². The number of sulfonamides is 1. The molecule has 1 N–H and O–H groups in total. The second-order valence-corrected chi connectivity index (χ2v) is 6.19. The van der Waals surface area contributed by atoms with Crippen molar-refractivity contribution in [2.75, 3.05) is 6.54 Å². The van der Waals surface area contributed by atoms with Crippen molar-refractivity contribution in [2.45, 2.75) is 31.3 Å². The molecule has 0 amide bonds. The van der Waals surface area contributed by atoms with Gasteiger partial charge in [0.2, 0.25) is 10.0 Å². The summed E-state index contributed by atoms with van der Waals surface area (Å²) in [6.45, 7) is 3.95. The molecule has 1 atom stereocenters. The Morgan fingerprint density at radius 1 is 1.44 bits per heavy atom. The van der Waals surface area contributed by atoms with Crippen molar-refractivity contribution < 1.29 is 13.3 Å². The first kappa shape index (κ1) is 13.0. The normalized spacial score (nSPS) is 19.4. The van der Waals surface area contributed by atoms with Gasteiger partial charge in [0.15, 0.2) is 0 Å². The van der Waals surface area contributed by atoms with Gasteiger partial charge in [0.25, 0.3) is 0 Å². The maximum Gasteiger partial charge on any atom is 0.240 e. The molecule has 0 radical (unpaired) electrons. The molecule has 0 unspecified atom stereocenters. The minimum absolute atomic E-state index is 0.204. The van der Waals surface area contributed by atoms with Crippen molar-refractivity contribution in [1.29, 1.82) is 0 Å². The van der Waals surface area contributed by atoms with Crippen LogP contribution in [0, 0.1) is 6.92 Å². The van der Waals surface area contributed by atoms with Gasteiger partial charge in [0, 0.05) is 6.42 Å². The molecule has 2 rings (SSSR count). The van der Waals surface area contributed by atoms with Gasteiger partial charge in [-0.1, -0.05) is 17.3 Å². The van der Waals surface area contributed by atoms with Gasteiger partial charge < -0.3 is 4.84 Å². The summed E-state index contributed by atoms with van der Waals surface area (Å²) in [4.78, 5) is 5.36. The van der Waals surface area contributed by atoms with Crippen LogP contribution in [0.25, 0.3) is 0 Å². The highest BCUT2D eigenvalue weighted by Gasteiger charge is 2.21. The third-order valence-electron chi connectivity index (χ3n) is 2.68. The Balaban J connectivity index is 2.00. The number of hydrogen-bond acceptors (Lipinski definition) is 4. The predicted octanol–water partition coefficient (Wildman–Crippen LogP) is 1.44. The summed E-state index contributed by atoms with van der Waals surface area (Å²) in [5.74, 6) is 0. The lowest BCUT2D eigenvalue weighted by Crippen LogP contribution is -2.32. The average molecular weight is 268 g/mol. The van der Waals surface area contributed by atoms with Crippen molar-refractivity contribution in [1.82, 2.24) is 4.72 Å². The van der Waals surface area contributed by atoms with Crippen LogP contribution in [0.4, 0.5) is 0 Å². The topological polar surface area (TPSA) is 67.8 Å². The van der Waals surface area contributed by atoms with Crippen LogP contribution in [-0.4, -0.2) is 26.8 Å². The molecule has 0 saturated heterocycles. The largest absolute Gasteiger partial charge is 0.391 e. The molecule has 5 nitrogen and oxygen atoms in total. The average Bonchev–Trinajstić information content (AvgIpc) is 2.73. The van der Waals surface area contributed by atoms with E-state index in [0.717, 1.165) is 11.3 Å². The van der Waals surface area contributed by atoms with Crippen molar-refractivity contribution in [3.05, 3.63) is 29.8 Å². The smallest absolute Gasteiger partial charge is 0.240 e. The molecule has 1 aromatic rings. The maximum atomic E-state index is 12.0. The second kappa shape index (κ2) is 5.07. The van der Waals surface area contributed by atoms with Gasteiger partial charge in [0.1, 0.15) is 6.10 Å². The Hall–Kier alpha value is -1.40. The molecule has 1 aliphatic heterocycles. The monoisotopic (exact) mass is 268 g/mol. The van der Waals surface area contributed by atoms with Gasteiger partial charge in [-0.3, -0.25) is 0 Å². The lowest BCUT2D eigenvalue weighted by atomic mass is 10.2. The highest BCUT2D eigenvalue weighted by Crippen LogP contribution is 2.13. The van der Waals surface area contributed by atoms with Crippen molar-refractivity contribution in [3.8, 4) is 0 Å². The van der Waals surface area contributed by atoms with Crippen LogP contribution in [0.2, 0.25) is 0 Å². The Morgan fingerprint density at radius 2 is 2.22 bits per heavy atom. The van der Waals surface area contributed by atoms with Crippen LogP contribution >= 0.6 is 0 Å². The fourth-order valence-corrected chi connectivity index (χ4v) is 2.92. The highest BCUT2D eigenvalue weighted by molar-refractivity contribution is 7.89. The SMILES string of the molecule is CC1=NO[C@@H](CNS(=O)(=O)c2cccc(C)c2)C1. The van der Waals surface area contributed by atoms with Gasteiger partial charge in [-0.2, -0.15) is 0 Å². The zero-order chi connectivity index (χ0) is 13.2. The van der Waals surface area contributed by atoms with Crippen LogP contribution in [0.15, 0.2) is 34.3 Å². The number of hydrogen-bond donors (Lipinski definition) is 1. The Kier molecular flexibility index (Phi) is 3.68. The highest BCUT2D eigenvalue weighted by atomic mass is 32.2. The first-order valence-electron chi connectivity index (χ1n) is 5.73. The first-order valence-corrected chi connectivity index (χ1v) is 7.21. The number of nitrogens with zero attached hydrogens (tertiary/aromatic N) is 1. The summed E-state index contributed by atoms with van der Waals surface area (Å²) < 4.78 is 26.6. The summed E-state index contributed by atoms with van der Waals surface area (Å²) >= 11 is 0. The zero-order valence-corrected chi connectivity index (χ0v) is 11.2. The molecule has 1 aliphatic rings. The number of nitrogens with one attached hydrogen (secondary N) is 1. The molecular weight excluding hydrogens is 252 g/mol. The van der Waals surface area contributed by atoms with Crippen LogP contribution in [0.5, 0.6) is 0 Å². The summed E-state index contributed by atoms with van der Waals surface area (Å²) in [5.41, 5.74) is 1.80. The van der Waals surface area contributed by atoms with Gasteiger partial charge in [-0.05, 0) is 31.5 Å². The third-order valence-corrected chi connectivity index (χ3v) is 4.10. The first-order chi connectivity index (χ1) is 8.47. The molecule has 0 aromatic heterocycles. The van der Waals surface area contributed by atoms with Crippen molar-refractivity contribution in [3.63, 3.8) is 0 Å². The van der Waals surface area contributed by atoms with E-state index >= 15 is 0 Å². The van der Waals surface area contributed by atoms with E-state index in [4.69, 9.17) is 4.84 Å². The molecule has 0 spiro atoms. The number of benzene rings is 1. The van der Waals surface area contributed by atoms with Crippen LogP contribution in [0.1, 0.15) is 18.9 Å². The van der Waals surface area contributed by atoms with E-state index in [1.807, 2.05) is 19.9 Å². The molecule has 18 heavy (non-hydrogen) atoms. The molecule has 1 heterocycles. The van der Waals surface area contributed by atoms with Crippen LogP contribution < -0.4 is 4.72 Å². The van der Waals surface area contributed by atoms with E-state index in [0.29, 0.717) is 6.42 Å². The Labute approximate surface area is 107 Å². The van der Waals surface area contributed by atoms with E-state index in [2.05, 4.69) is 9.88 Å². The summed E-state index contributed by atoms with van der Waals surface area (Å²) in [6, 6.07) is 6.80. The quantitative estimate of drug-likeness (QED) is 0.898. The molecular formula is C12H16N2O3S. The lowest BCUT2D eigenvalue weighted by molar-refractivity contribution is 0.0891. The lowest BCUT2D eigenvalue weighted by Gasteiger charge is -2.10. The van der Waals surface area contributed by atoms with Gasteiger partial charge in [-0.25, -0.2) is 13.1 Å². The zero-order valence-electron chi connectivity index (χ0n) is 10.4. The minimum atomic E-state index is -3.47. The number of oxime groups is 1. The molecule has 0 fully saturated rings.